The molecule has 0 amide bonds. The van der Waals surface area contributed by atoms with Gasteiger partial charge >= 0.3 is 17.9 Å². The molecule has 8 saturated carbocycles. The first-order valence-electron chi connectivity index (χ1n) is 57.7. The highest BCUT2D eigenvalue weighted by atomic mass is 16.6. The first-order chi connectivity index (χ1) is 68.9. The molecule has 2 unspecified atom stereocenters. The summed E-state index contributed by atoms with van der Waals surface area (Å²) in [5, 5.41) is 79.1. The Morgan fingerprint density at radius 3 is 1.11 bits per heavy atom. The molecule has 19 nitrogen and oxygen atoms in total. The summed E-state index contributed by atoms with van der Waals surface area (Å²) in [5.74, 6) is 0.809. The fourth-order valence-corrected chi connectivity index (χ4v) is 36.1. The van der Waals surface area contributed by atoms with Crippen molar-refractivity contribution in [3.63, 3.8) is 0 Å². The highest BCUT2D eigenvalue weighted by molar-refractivity contribution is 5.73. The normalized spacial score (nSPS) is 41.4. The van der Waals surface area contributed by atoms with Gasteiger partial charge in [0.2, 0.25) is 0 Å². The van der Waals surface area contributed by atoms with E-state index in [9.17, 15) is 64.5 Å². The van der Waals surface area contributed by atoms with Crippen LogP contribution in [-0.2, 0) is 57.2 Å². The third-order valence-electron chi connectivity index (χ3n) is 47.3. The molecule has 0 aromatic rings. The van der Waals surface area contributed by atoms with Crippen molar-refractivity contribution in [3.05, 3.63) is 142 Å². The first-order valence-corrected chi connectivity index (χ1v) is 57.7. The summed E-state index contributed by atoms with van der Waals surface area (Å²) in [7, 11) is 1.47. The van der Waals surface area contributed by atoms with Gasteiger partial charge in [-0.05, 0) is 324 Å². The van der Waals surface area contributed by atoms with E-state index in [4.69, 9.17) is 28.4 Å². The maximum absolute atomic E-state index is 13.2. The Morgan fingerprint density at radius 1 is 0.396 bits per heavy atom. The SMILES string of the molecule is C=C(CCC(OC=O)[C@H]1[C@H](O)[C@H](O)[C@@]2(C)C3=CC[C@H]4C(C)(C)[C@@H](O)CC[C@]4(C)C3=CC[C@]12C)C(C)C.C=C(CC[C@@H](C(=O)OC)[C@H]1[C@H](O)C[C@@]2(C)C3=CC[C@H]4C(C)(C)[C@H](O)CC[C@]4(C)C3=CC[C@]12C)C(C)(C)C.C=C(CC[C@@H](OC=O)[C@H]1[C@H](O)C[C@@]2(C)C3=CCC4C(C)(C)[C@@H](OC(C)=O)CC[C@]4(C)C3=CC[C@]12C)C(C)C.C=C(CC[C@H](OC=O)[C@H]1C[C@H](OC(C)=O)[C@@]2(C)C3=CC[C@H]4C(C)(C)[C@@H](O)CC[C@]4(C)C3=CC[C@]12C)C(C)C. The molecule has 0 aromatic heterocycles. The molecule has 16 aliphatic rings. The van der Waals surface area contributed by atoms with Crippen molar-refractivity contribution in [1.29, 1.82) is 0 Å². The minimum atomic E-state index is -0.999. The zero-order valence-electron chi connectivity index (χ0n) is 98.2. The van der Waals surface area contributed by atoms with E-state index in [-0.39, 0.29) is 160 Å². The van der Waals surface area contributed by atoms with Crippen molar-refractivity contribution in [2.75, 3.05) is 7.11 Å². The number of carbonyl (C=O) groups excluding carboxylic acids is 6. The van der Waals surface area contributed by atoms with Crippen LogP contribution in [-0.4, -0.2) is 153 Å². The van der Waals surface area contributed by atoms with Crippen LogP contribution in [0.1, 0.15) is 388 Å². The number of fused-ring (bicyclic) bond motifs is 20. The van der Waals surface area contributed by atoms with E-state index in [0.29, 0.717) is 112 Å². The van der Waals surface area contributed by atoms with Gasteiger partial charge < -0.3 is 64.2 Å². The Hall–Kier alpha value is -6.58. The standard InChI is InChI=1S/2C33H50O5.C33H52O4.C31H48O5/c1-20(2)21(3)10-12-26(37-19-34)29-25(36)18-33(9)24-11-13-27-30(5,6)28(38-22(4)35)15-16-31(27,7)23(24)14-17-32(29,33)8;1-20(2)21(3)10-12-26(37-19-34)25-18-29(38-22(4)35)33(9)24-11-13-27-30(5,6)28(36)15-16-31(27,7)23(24)14-17-32(25,33)8;1-20(29(2,3)4)11-12-21(28(36)37-10)27-24(34)19-33(9)23-13-14-25-30(5,6)26(35)16-17-31(25,7)22(23)15-18-32(27,33)8;1-18(2)19(3)9-11-22(36-17-32)25-26(34)27(35)31(8)21-10-12-23-28(4,5)24(33)14-15-29(23,6)20(21)13-16-30(25,31)7/h2*11,14,19-20,25-29,36H,3,10,12-13,15-18H2,1-2,4-9H3;13,15,21,24-27,34-35H,1,11-12,14,16-19H2,2-10H3;10,13,17-18,22-27,33-35H,3,9,11-12,14-16H2,1-2,4-8H3/t25-,26-,27?,28+,29-,31-,32-,33+;25-,26+,27+,28+,29+,31-,32-,33-;21-,24-,25+,26-,27+,31-,32-,33+;22?,23-,24-,25-,26-,27-,29+,30+,31+/m1110/s1. The first kappa shape index (κ1) is 119. The smallest absolute Gasteiger partial charge is 0.309 e. The monoisotopic (exact) mass is 2070 g/mol. The minimum absolute atomic E-state index is 0.00862. The Bertz CT molecular complexity index is 5330. The number of carbonyl (C=O) groups is 6. The van der Waals surface area contributed by atoms with Gasteiger partial charge in [0.25, 0.3) is 19.4 Å². The van der Waals surface area contributed by atoms with Crippen LogP contribution >= 0.6 is 0 Å². The molecule has 0 saturated heterocycles. The average Bonchev–Trinajstić information content (AvgIpc) is 1.52. The second kappa shape index (κ2) is 42.4. The molecule has 834 valence electrons. The number of hydrogen-bond acceptors (Lipinski definition) is 19. The Balaban J connectivity index is 0.000000166. The summed E-state index contributed by atoms with van der Waals surface area (Å²) < 4.78 is 34.5. The van der Waals surface area contributed by atoms with E-state index in [1.807, 2.05) is 0 Å². The third kappa shape index (κ3) is 19.4. The molecule has 8 fully saturated rings. The van der Waals surface area contributed by atoms with Crippen LogP contribution in [0, 0.1) is 163 Å². The van der Waals surface area contributed by atoms with Crippen LogP contribution in [0.3, 0.4) is 0 Å². The van der Waals surface area contributed by atoms with E-state index in [1.165, 1.54) is 60.0 Å². The molecule has 0 aromatic carbocycles. The number of methoxy groups -OCH3 is 1. The molecule has 33 atom stereocenters. The predicted molar refractivity (Wildman–Crippen MR) is 592 cm³/mol. The van der Waals surface area contributed by atoms with Crippen molar-refractivity contribution in [2.24, 2.45) is 163 Å². The van der Waals surface area contributed by atoms with E-state index in [0.717, 1.165) is 150 Å². The van der Waals surface area contributed by atoms with Gasteiger partial charge in [-0.2, -0.15) is 0 Å². The van der Waals surface area contributed by atoms with Crippen molar-refractivity contribution < 1.29 is 92.9 Å². The van der Waals surface area contributed by atoms with Crippen LogP contribution in [0.2, 0.25) is 0 Å². The maximum atomic E-state index is 13.2. The van der Waals surface area contributed by atoms with E-state index in [2.05, 4.69) is 276 Å². The van der Waals surface area contributed by atoms with Gasteiger partial charge in [0, 0.05) is 64.6 Å². The number of aliphatic hydroxyl groups excluding tert-OH is 7. The lowest BCUT2D eigenvalue weighted by Crippen LogP contribution is -2.56. The molecule has 0 aliphatic heterocycles. The number of aliphatic hydroxyl groups is 7. The minimum Gasteiger partial charge on any atom is -0.469 e. The molecule has 0 heterocycles. The van der Waals surface area contributed by atoms with Crippen molar-refractivity contribution in [2.45, 2.75) is 461 Å². The zero-order chi connectivity index (χ0) is 111. The predicted octanol–water partition coefficient (Wildman–Crippen LogP) is 26.3. The summed E-state index contributed by atoms with van der Waals surface area (Å²) in [6.07, 6.45) is 35.4. The van der Waals surface area contributed by atoms with Crippen molar-refractivity contribution in [3.8, 4) is 0 Å². The molecule has 149 heavy (non-hydrogen) atoms. The third-order valence-corrected chi connectivity index (χ3v) is 47.3. The average molecular weight is 2070 g/mol. The lowest BCUT2D eigenvalue weighted by molar-refractivity contribution is -0.165. The van der Waals surface area contributed by atoms with Gasteiger partial charge in [0.15, 0.2) is 0 Å². The van der Waals surface area contributed by atoms with Crippen molar-refractivity contribution in [1.82, 2.24) is 0 Å². The summed E-state index contributed by atoms with van der Waals surface area (Å²) in [6, 6.07) is 0. The van der Waals surface area contributed by atoms with Crippen LogP contribution in [0.25, 0.3) is 0 Å². The Morgan fingerprint density at radius 2 is 0.725 bits per heavy atom. The molecular weight excluding hydrogens is 1870 g/mol. The number of esters is 3. The fraction of sp³-hybridized carbons (Fsp3) is 0.769. The lowest BCUT2D eigenvalue weighted by Gasteiger charge is -2.61. The molecular formula is C130H200O19. The van der Waals surface area contributed by atoms with E-state index < -0.39 is 52.7 Å². The fourth-order valence-electron chi connectivity index (χ4n) is 36.1. The highest BCUT2D eigenvalue weighted by Crippen LogP contribution is 2.78. The molecule has 16 rings (SSSR count). The summed E-state index contributed by atoms with van der Waals surface area (Å²) in [6.45, 7) is 86.4. The number of allylic oxidation sites excluding steroid dienone is 18. The van der Waals surface area contributed by atoms with Gasteiger partial charge in [0.1, 0.15) is 30.5 Å². The quantitative estimate of drug-likeness (QED) is 0.0166. The topological polar surface area (TPSA) is 299 Å². The summed E-state index contributed by atoms with van der Waals surface area (Å²) >= 11 is 0. The Labute approximate surface area is 898 Å². The largest absolute Gasteiger partial charge is 0.469 e. The van der Waals surface area contributed by atoms with E-state index in [1.54, 1.807) is 0 Å². The molecule has 0 radical (unpaired) electrons. The summed E-state index contributed by atoms with van der Waals surface area (Å²) in [5.41, 5.74) is 11.8. The van der Waals surface area contributed by atoms with Crippen LogP contribution in [0.4, 0.5) is 0 Å². The molecule has 0 bridgehead atoms. The van der Waals surface area contributed by atoms with Gasteiger partial charge in [0.05, 0.1) is 55.8 Å². The second-order valence-electron chi connectivity index (χ2n) is 57.3. The second-order valence-corrected chi connectivity index (χ2v) is 57.3. The maximum Gasteiger partial charge on any atom is 0.309 e. The van der Waals surface area contributed by atoms with Gasteiger partial charge in [-0.1, -0.05) is 298 Å². The van der Waals surface area contributed by atoms with Gasteiger partial charge in [-0.15, -0.1) is 0 Å². The Kier molecular flexibility index (Phi) is 34.0. The number of hydrogen-bond donors (Lipinski definition) is 7. The molecule has 19 heteroatoms. The molecule has 0 spiro atoms. The van der Waals surface area contributed by atoms with Crippen LogP contribution < -0.4 is 0 Å². The van der Waals surface area contributed by atoms with E-state index >= 15 is 0 Å². The van der Waals surface area contributed by atoms with Crippen LogP contribution in [0.15, 0.2) is 142 Å². The van der Waals surface area contributed by atoms with Crippen molar-refractivity contribution >= 4 is 37.3 Å². The zero-order valence-corrected chi connectivity index (χ0v) is 98.2. The lowest BCUT2D eigenvalue weighted by atomic mass is 9.44. The highest BCUT2D eigenvalue weighted by Gasteiger charge is 2.75. The number of ether oxygens (including phenoxy) is 6. The van der Waals surface area contributed by atoms with Crippen LogP contribution in [0.5, 0.6) is 0 Å². The molecule has 16 aliphatic carbocycles. The van der Waals surface area contributed by atoms with Gasteiger partial charge in [-0.25, -0.2) is 0 Å². The number of rotatable bonds is 28. The summed E-state index contributed by atoms with van der Waals surface area (Å²) in [4.78, 5) is 72.3. The molecule has 7 N–H and O–H groups in total. The van der Waals surface area contributed by atoms with Gasteiger partial charge in [-0.3, -0.25) is 28.8 Å².